The van der Waals surface area contributed by atoms with E-state index in [0.717, 1.165) is 50.5 Å². The van der Waals surface area contributed by atoms with Crippen LogP contribution in [-0.4, -0.2) is 36.9 Å². The average molecular weight is 529 g/mol. The van der Waals surface area contributed by atoms with Crippen molar-refractivity contribution in [3.05, 3.63) is 11.6 Å². The summed E-state index contributed by atoms with van der Waals surface area (Å²) in [7, 11) is 1.52. The summed E-state index contributed by atoms with van der Waals surface area (Å²) in [6.45, 7) is 21.8. The molecule has 4 aliphatic rings. The third-order valence-electron chi connectivity index (χ3n) is 12.4. The van der Waals surface area contributed by atoms with Crippen LogP contribution in [-0.2, 0) is 23.9 Å². The summed E-state index contributed by atoms with van der Waals surface area (Å²) in [5.41, 5.74) is -0.427. The highest BCUT2D eigenvalue weighted by Crippen LogP contribution is 2.71. The number of Topliss-reactive ketones (excluding diaryl/α,β-unsaturated/α-hetero) is 1. The zero-order valence-corrected chi connectivity index (χ0v) is 25.9. The summed E-state index contributed by atoms with van der Waals surface area (Å²) in [4.78, 5) is 39.3. The third kappa shape index (κ3) is 4.16. The molecule has 0 aromatic carbocycles. The van der Waals surface area contributed by atoms with Crippen LogP contribution in [0.25, 0.3) is 0 Å². The van der Waals surface area contributed by atoms with E-state index in [1.807, 2.05) is 6.08 Å². The predicted molar refractivity (Wildman–Crippen MR) is 149 cm³/mol. The SMILES string of the molecule is COC(=O)[C@]1(CCC(C)(C)[C@]2(C)CC[C@H]3C(C)(C)C(=O)[C@@H]4O[C@@H]4[C@]3(C)/C2=C/C(C)=O)CCC(C)(C)CC1C. The van der Waals surface area contributed by atoms with Crippen molar-refractivity contribution in [1.29, 1.82) is 0 Å². The van der Waals surface area contributed by atoms with Crippen LogP contribution in [0.5, 0.6) is 0 Å². The molecule has 1 unspecified atom stereocenters. The topological polar surface area (TPSA) is 73.0 Å². The lowest BCUT2D eigenvalue weighted by Crippen LogP contribution is -2.60. The van der Waals surface area contributed by atoms with Crippen molar-refractivity contribution in [2.45, 2.75) is 126 Å². The Morgan fingerprint density at radius 2 is 1.71 bits per heavy atom. The minimum Gasteiger partial charge on any atom is -0.469 e. The molecule has 38 heavy (non-hydrogen) atoms. The molecule has 1 saturated heterocycles. The standard InChI is InChI=1S/C33H52O5/c1-20-19-28(3,4)14-16-33(20,27(36)37-11)17-15-29(5,6)31(9)13-12-22-30(7,8)25(35)24-26(38-24)32(22,10)23(31)18-21(2)34/h18,20,22,24,26H,12-17,19H2,1-11H3/b23-18+/t20?,22-,24-,26-,31+,32-,33-/m0/s1. The van der Waals surface area contributed by atoms with Gasteiger partial charge in [0.05, 0.1) is 12.5 Å². The predicted octanol–water partition coefficient (Wildman–Crippen LogP) is 7.11. The third-order valence-corrected chi connectivity index (χ3v) is 12.4. The van der Waals surface area contributed by atoms with Crippen LogP contribution in [0, 0.1) is 44.3 Å². The number of hydrogen-bond acceptors (Lipinski definition) is 5. The van der Waals surface area contributed by atoms with Gasteiger partial charge in [0.25, 0.3) is 0 Å². The second-order valence-electron chi connectivity index (χ2n) is 15.7. The molecule has 0 amide bonds. The van der Waals surface area contributed by atoms with Crippen LogP contribution in [0.3, 0.4) is 0 Å². The summed E-state index contributed by atoms with van der Waals surface area (Å²) in [5.74, 6) is 0.559. The lowest BCUT2D eigenvalue weighted by Gasteiger charge is -2.61. The fraction of sp³-hybridized carbons (Fsp3) is 0.848. The summed E-state index contributed by atoms with van der Waals surface area (Å²) in [6.07, 6.45) is 7.70. The maximum Gasteiger partial charge on any atom is 0.312 e. The molecule has 0 N–H and O–H groups in total. The number of methoxy groups -OCH3 is 1. The summed E-state index contributed by atoms with van der Waals surface area (Å²) in [6, 6.07) is 0. The first-order chi connectivity index (χ1) is 17.3. The Morgan fingerprint density at radius 3 is 2.26 bits per heavy atom. The molecule has 0 bridgehead atoms. The number of epoxide rings is 1. The number of rotatable bonds is 6. The van der Waals surface area contributed by atoms with E-state index in [1.54, 1.807) is 6.92 Å². The molecule has 0 spiro atoms. The number of esters is 1. The first-order valence-corrected chi connectivity index (χ1v) is 14.8. The quantitative estimate of drug-likeness (QED) is 0.209. The van der Waals surface area contributed by atoms with Crippen molar-refractivity contribution in [2.24, 2.45) is 44.3 Å². The molecule has 0 aromatic heterocycles. The molecule has 0 radical (unpaired) electrons. The zero-order valence-electron chi connectivity index (χ0n) is 25.9. The second kappa shape index (κ2) is 9.01. The first kappa shape index (κ1) is 29.5. The molecule has 0 aromatic rings. The van der Waals surface area contributed by atoms with Crippen LogP contribution in [0.4, 0.5) is 0 Å². The minimum absolute atomic E-state index is 0.0463. The van der Waals surface area contributed by atoms with E-state index in [-0.39, 0.29) is 63.2 Å². The van der Waals surface area contributed by atoms with Crippen molar-refractivity contribution in [1.82, 2.24) is 0 Å². The molecular formula is C33H52O5. The van der Waals surface area contributed by atoms with Crippen molar-refractivity contribution >= 4 is 17.5 Å². The van der Waals surface area contributed by atoms with Crippen molar-refractivity contribution < 1.29 is 23.9 Å². The highest BCUT2D eigenvalue weighted by atomic mass is 16.6. The lowest BCUT2D eigenvalue weighted by molar-refractivity contribution is -0.163. The van der Waals surface area contributed by atoms with Crippen LogP contribution in [0.2, 0.25) is 0 Å². The summed E-state index contributed by atoms with van der Waals surface area (Å²) < 4.78 is 11.5. The Kier molecular flexibility index (Phi) is 6.99. The molecule has 7 atom stereocenters. The highest BCUT2D eigenvalue weighted by Gasteiger charge is 2.73. The molecule has 3 saturated carbocycles. The summed E-state index contributed by atoms with van der Waals surface area (Å²) >= 11 is 0. The Hall–Kier alpha value is -1.49. The van der Waals surface area contributed by atoms with Gasteiger partial charge in [0.1, 0.15) is 12.2 Å². The van der Waals surface area contributed by atoms with Gasteiger partial charge in [0, 0.05) is 10.8 Å². The van der Waals surface area contributed by atoms with Crippen molar-refractivity contribution in [3.63, 3.8) is 0 Å². The number of ketones is 2. The van der Waals surface area contributed by atoms with E-state index < -0.39 is 10.8 Å². The molecule has 5 heteroatoms. The fourth-order valence-corrected chi connectivity index (χ4v) is 9.36. The van der Waals surface area contributed by atoms with E-state index in [2.05, 4.69) is 62.3 Å². The fourth-order valence-electron chi connectivity index (χ4n) is 9.36. The Labute approximate surface area is 230 Å². The molecule has 5 nitrogen and oxygen atoms in total. The highest BCUT2D eigenvalue weighted by molar-refractivity contribution is 5.94. The van der Waals surface area contributed by atoms with Crippen LogP contribution in [0.1, 0.15) is 114 Å². The summed E-state index contributed by atoms with van der Waals surface area (Å²) in [5, 5.41) is 0. The first-order valence-electron chi connectivity index (χ1n) is 14.8. The van der Waals surface area contributed by atoms with Crippen LogP contribution >= 0.6 is 0 Å². The Morgan fingerprint density at radius 1 is 1.08 bits per heavy atom. The van der Waals surface area contributed by atoms with Crippen molar-refractivity contribution in [3.8, 4) is 0 Å². The zero-order chi connectivity index (χ0) is 28.7. The normalized spacial score (nSPS) is 42.7. The number of carbonyl (C=O) groups is 3. The van der Waals surface area contributed by atoms with Gasteiger partial charge < -0.3 is 9.47 Å². The Bertz CT molecular complexity index is 1050. The van der Waals surface area contributed by atoms with Crippen molar-refractivity contribution in [2.75, 3.05) is 7.11 Å². The number of ether oxygens (including phenoxy) is 2. The van der Waals surface area contributed by atoms with Gasteiger partial charge >= 0.3 is 5.97 Å². The number of carbonyl (C=O) groups excluding carboxylic acids is 3. The van der Waals surface area contributed by atoms with Gasteiger partial charge in [-0.3, -0.25) is 14.4 Å². The molecular weight excluding hydrogens is 476 g/mol. The molecule has 4 rings (SSSR count). The minimum atomic E-state index is -0.493. The van der Waals surface area contributed by atoms with E-state index in [9.17, 15) is 14.4 Å². The largest absolute Gasteiger partial charge is 0.469 e. The number of hydrogen-bond donors (Lipinski definition) is 0. The molecule has 214 valence electrons. The molecule has 3 aliphatic carbocycles. The van der Waals surface area contributed by atoms with Gasteiger partial charge in [-0.2, -0.15) is 0 Å². The smallest absolute Gasteiger partial charge is 0.312 e. The van der Waals surface area contributed by atoms with E-state index >= 15 is 0 Å². The van der Waals surface area contributed by atoms with Gasteiger partial charge in [-0.25, -0.2) is 0 Å². The number of fused-ring (bicyclic) bond motifs is 3. The van der Waals surface area contributed by atoms with Gasteiger partial charge in [0.15, 0.2) is 11.6 Å². The second-order valence-corrected chi connectivity index (χ2v) is 15.7. The van der Waals surface area contributed by atoms with Crippen LogP contribution in [0.15, 0.2) is 11.6 Å². The van der Waals surface area contributed by atoms with Gasteiger partial charge in [-0.1, -0.05) is 67.9 Å². The average Bonchev–Trinajstić information content (AvgIpc) is 3.61. The molecule has 1 heterocycles. The van der Waals surface area contributed by atoms with Gasteiger partial charge in [-0.15, -0.1) is 0 Å². The van der Waals surface area contributed by atoms with Crippen LogP contribution < -0.4 is 0 Å². The van der Waals surface area contributed by atoms with E-state index in [4.69, 9.17) is 9.47 Å². The van der Waals surface area contributed by atoms with Gasteiger partial charge in [0.2, 0.25) is 0 Å². The van der Waals surface area contributed by atoms with E-state index in [1.165, 1.54) is 7.11 Å². The lowest BCUT2D eigenvalue weighted by atomic mass is 9.41. The van der Waals surface area contributed by atoms with E-state index in [0.29, 0.717) is 0 Å². The number of allylic oxidation sites excluding steroid dienone is 1. The van der Waals surface area contributed by atoms with Gasteiger partial charge in [-0.05, 0) is 86.0 Å². The molecule has 1 aliphatic heterocycles. The Balaban J connectivity index is 1.71. The molecule has 4 fully saturated rings. The monoisotopic (exact) mass is 528 g/mol. The maximum atomic E-state index is 13.4. The maximum absolute atomic E-state index is 13.4.